The highest BCUT2D eigenvalue weighted by atomic mass is 32.2. The Morgan fingerprint density at radius 2 is 2.17 bits per heavy atom. The first-order valence-corrected chi connectivity index (χ1v) is 6.70. The Morgan fingerprint density at radius 1 is 1.28 bits per heavy atom. The van der Waals surface area contributed by atoms with Crippen molar-refractivity contribution in [2.75, 3.05) is 11.1 Å². The van der Waals surface area contributed by atoms with Crippen molar-refractivity contribution in [1.29, 1.82) is 5.26 Å². The van der Waals surface area contributed by atoms with Crippen molar-refractivity contribution in [2.24, 2.45) is 0 Å². The number of hydrogen-bond acceptors (Lipinski definition) is 4. The third-order valence-corrected chi connectivity index (χ3v) is 4.10. The van der Waals surface area contributed by atoms with Crippen LogP contribution >= 0.6 is 11.8 Å². The van der Waals surface area contributed by atoms with E-state index in [1.165, 1.54) is 10.5 Å². The zero-order chi connectivity index (χ0) is 12.4. The maximum atomic E-state index is 8.71. The molecule has 1 aliphatic heterocycles. The van der Waals surface area contributed by atoms with Gasteiger partial charge in [0.25, 0.3) is 0 Å². The Kier molecular flexibility index (Phi) is 2.91. The topological polar surface area (TPSA) is 48.7 Å². The molecule has 1 unspecified atom stereocenters. The van der Waals surface area contributed by atoms with E-state index in [1.807, 2.05) is 23.9 Å². The summed E-state index contributed by atoms with van der Waals surface area (Å²) in [7, 11) is 0. The number of aromatic nitrogens is 1. The Morgan fingerprint density at radius 3 is 2.94 bits per heavy atom. The minimum atomic E-state index is 0.320. The number of benzene rings is 1. The molecule has 2 heterocycles. The van der Waals surface area contributed by atoms with Crippen LogP contribution in [0.1, 0.15) is 17.3 Å². The van der Waals surface area contributed by atoms with Gasteiger partial charge in [0, 0.05) is 10.6 Å². The number of nitrogens with one attached hydrogen (secondary N) is 1. The van der Waals surface area contributed by atoms with Crippen molar-refractivity contribution in [2.45, 2.75) is 10.9 Å². The van der Waals surface area contributed by atoms with E-state index < -0.39 is 0 Å². The van der Waals surface area contributed by atoms with Crippen LogP contribution in [0.15, 0.2) is 47.5 Å². The van der Waals surface area contributed by atoms with Crippen LogP contribution in [0.5, 0.6) is 0 Å². The first-order chi connectivity index (χ1) is 8.86. The number of nitrogens with zero attached hydrogens (tertiary/aromatic N) is 2. The highest BCUT2D eigenvalue weighted by Crippen LogP contribution is 2.39. The minimum Gasteiger partial charge on any atom is -0.376 e. The van der Waals surface area contributed by atoms with E-state index >= 15 is 0 Å². The summed E-state index contributed by atoms with van der Waals surface area (Å²) >= 11 is 1.87. The van der Waals surface area contributed by atoms with E-state index in [0.717, 1.165) is 11.4 Å². The van der Waals surface area contributed by atoms with Crippen molar-refractivity contribution < 1.29 is 0 Å². The van der Waals surface area contributed by atoms with E-state index in [0.29, 0.717) is 11.7 Å². The predicted octanol–water partition coefficient (Wildman–Crippen LogP) is 3.21. The van der Waals surface area contributed by atoms with Crippen LogP contribution in [-0.4, -0.2) is 10.7 Å². The van der Waals surface area contributed by atoms with Crippen molar-refractivity contribution in [1.82, 2.24) is 4.98 Å². The Hall–Kier alpha value is -1.99. The lowest BCUT2D eigenvalue weighted by atomic mass is 10.1. The van der Waals surface area contributed by atoms with Crippen LogP contribution in [-0.2, 0) is 0 Å². The van der Waals surface area contributed by atoms with Gasteiger partial charge in [-0.05, 0) is 23.8 Å². The molecule has 4 heteroatoms. The predicted molar refractivity (Wildman–Crippen MR) is 72.5 cm³/mol. The monoisotopic (exact) mass is 253 g/mol. The summed E-state index contributed by atoms with van der Waals surface area (Å²) < 4.78 is 0. The number of hydrogen-bond donors (Lipinski definition) is 1. The summed E-state index contributed by atoms with van der Waals surface area (Å²) in [5.41, 5.74) is 2.74. The van der Waals surface area contributed by atoms with Gasteiger partial charge in [0.05, 0.1) is 17.9 Å². The molecule has 0 bridgehead atoms. The molecule has 0 radical (unpaired) electrons. The van der Waals surface area contributed by atoms with E-state index in [2.05, 4.69) is 34.6 Å². The molecule has 1 aliphatic rings. The number of thioether (sulfide) groups is 1. The van der Waals surface area contributed by atoms with Crippen LogP contribution in [0.25, 0.3) is 0 Å². The van der Waals surface area contributed by atoms with E-state index in [-0.39, 0.29) is 0 Å². The molecule has 0 amide bonds. The lowest BCUT2D eigenvalue weighted by Gasteiger charge is -2.14. The summed E-state index contributed by atoms with van der Waals surface area (Å²) in [6, 6.07) is 14.4. The third-order valence-electron chi connectivity index (χ3n) is 2.92. The zero-order valence-corrected chi connectivity index (χ0v) is 10.4. The van der Waals surface area contributed by atoms with Gasteiger partial charge in [0.1, 0.15) is 11.8 Å². The number of anilines is 1. The van der Waals surface area contributed by atoms with Gasteiger partial charge in [-0.2, -0.15) is 5.26 Å². The van der Waals surface area contributed by atoms with Crippen LogP contribution in [0.2, 0.25) is 0 Å². The number of nitriles is 1. The molecule has 1 aromatic heterocycles. The molecule has 1 atom stereocenters. The fraction of sp³-hybridized carbons (Fsp3) is 0.143. The smallest absolute Gasteiger partial charge is 0.140 e. The second kappa shape index (κ2) is 4.71. The van der Waals surface area contributed by atoms with Crippen LogP contribution in [0.4, 0.5) is 5.69 Å². The van der Waals surface area contributed by atoms with E-state index in [9.17, 15) is 0 Å². The lowest BCUT2D eigenvalue weighted by Crippen LogP contribution is -2.09. The van der Waals surface area contributed by atoms with Crippen LogP contribution in [0.3, 0.4) is 0 Å². The second-order valence-electron chi connectivity index (χ2n) is 4.09. The summed E-state index contributed by atoms with van der Waals surface area (Å²) in [5.74, 6) is 1.03. The Balaban J connectivity index is 1.80. The molecule has 1 N–H and O–H groups in total. The van der Waals surface area contributed by atoms with Crippen LogP contribution < -0.4 is 5.32 Å². The first-order valence-electron chi connectivity index (χ1n) is 5.71. The molecule has 3 rings (SSSR count). The largest absolute Gasteiger partial charge is 0.376 e. The maximum absolute atomic E-state index is 8.71. The molecule has 0 saturated carbocycles. The highest BCUT2D eigenvalue weighted by Gasteiger charge is 2.22. The zero-order valence-electron chi connectivity index (χ0n) is 9.63. The quantitative estimate of drug-likeness (QED) is 0.892. The van der Waals surface area contributed by atoms with Gasteiger partial charge in [-0.15, -0.1) is 11.8 Å². The summed E-state index contributed by atoms with van der Waals surface area (Å²) in [5, 5.41) is 12.2. The molecular weight excluding hydrogens is 242 g/mol. The standard InChI is InChI=1S/C14H11N3S/c15-7-10-5-6-11(8-16-10)17-13-9-18-14-4-2-1-3-12(13)14/h1-6,8,13,17H,9H2. The third kappa shape index (κ3) is 2.05. The maximum Gasteiger partial charge on any atom is 0.140 e. The molecule has 2 aromatic rings. The van der Waals surface area contributed by atoms with Gasteiger partial charge in [-0.3, -0.25) is 0 Å². The molecule has 0 aliphatic carbocycles. The number of rotatable bonds is 2. The highest BCUT2D eigenvalue weighted by molar-refractivity contribution is 7.99. The van der Waals surface area contributed by atoms with Crippen molar-refractivity contribution in [3.63, 3.8) is 0 Å². The molecule has 88 valence electrons. The SMILES string of the molecule is N#Cc1ccc(NC2CSc3ccccc32)cn1. The summed E-state index contributed by atoms with van der Waals surface area (Å²) in [6.45, 7) is 0. The first kappa shape index (κ1) is 11.1. The molecule has 18 heavy (non-hydrogen) atoms. The van der Waals surface area contributed by atoms with Gasteiger partial charge >= 0.3 is 0 Å². The second-order valence-corrected chi connectivity index (χ2v) is 5.15. The fourth-order valence-electron chi connectivity index (χ4n) is 2.03. The molecule has 0 saturated heterocycles. The van der Waals surface area contributed by atoms with Gasteiger partial charge in [0.15, 0.2) is 0 Å². The minimum absolute atomic E-state index is 0.320. The van der Waals surface area contributed by atoms with E-state index in [4.69, 9.17) is 5.26 Å². The number of fused-ring (bicyclic) bond motifs is 1. The van der Waals surface area contributed by atoms with Crippen molar-refractivity contribution in [3.05, 3.63) is 53.9 Å². The average molecular weight is 253 g/mol. The van der Waals surface area contributed by atoms with Crippen molar-refractivity contribution in [3.8, 4) is 6.07 Å². The number of pyridine rings is 1. The van der Waals surface area contributed by atoms with Gasteiger partial charge in [0.2, 0.25) is 0 Å². The Bertz CT molecular complexity index is 601. The Labute approximate surface area is 110 Å². The van der Waals surface area contributed by atoms with Gasteiger partial charge in [-0.25, -0.2) is 4.98 Å². The molecular formula is C14H11N3S. The fourth-order valence-corrected chi connectivity index (χ4v) is 3.19. The molecule has 0 fully saturated rings. The van der Waals surface area contributed by atoms with Crippen LogP contribution in [0, 0.1) is 11.3 Å². The molecule has 0 spiro atoms. The summed E-state index contributed by atoms with van der Waals surface area (Å²) in [6.07, 6.45) is 1.71. The molecule has 1 aromatic carbocycles. The normalized spacial score (nSPS) is 16.9. The lowest BCUT2D eigenvalue weighted by molar-refractivity contribution is 0.898. The van der Waals surface area contributed by atoms with Crippen molar-refractivity contribution >= 4 is 17.4 Å². The summed E-state index contributed by atoms with van der Waals surface area (Å²) in [4.78, 5) is 5.41. The van der Waals surface area contributed by atoms with Gasteiger partial charge < -0.3 is 5.32 Å². The molecule has 3 nitrogen and oxygen atoms in total. The van der Waals surface area contributed by atoms with E-state index in [1.54, 1.807) is 12.3 Å². The van der Waals surface area contributed by atoms with Gasteiger partial charge in [-0.1, -0.05) is 18.2 Å². The average Bonchev–Trinajstić information content (AvgIpc) is 2.83.